The van der Waals surface area contributed by atoms with Crippen LogP contribution in [0, 0.1) is 11.3 Å². The number of nitriles is 1. The highest BCUT2D eigenvalue weighted by atomic mass is 32.1. The molecule has 1 aromatic carbocycles. The molecule has 1 amide bonds. The largest absolute Gasteiger partial charge is 0.465 e. The summed E-state index contributed by atoms with van der Waals surface area (Å²) in [7, 11) is 1.33. The van der Waals surface area contributed by atoms with Gasteiger partial charge in [-0.15, -0.1) is 11.3 Å². The van der Waals surface area contributed by atoms with Crippen molar-refractivity contribution < 1.29 is 14.3 Å². The molecule has 2 heterocycles. The highest BCUT2D eigenvalue weighted by molar-refractivity contribution is 7.17. The van der Waals surface area contributed by atoms with Crippen LogP contribution in [-0.2, 0) is 22.4 Å². The number of methoxy groups -OCH3 is 1. The lowest BCUT2D eigenvalue weighted by atomic mass is 9.95. The number of anilines is 1. The lowest BCUT2D eigenvalue weighted by molar-refractivity contribution is -0.112. The predicted octanol–water partition coefficient (Wildman–Crippen LogP) is 4.44. The summed E-state index contributed by atoms with van der Waals surface area (Å²) in [6.45, 7) is 0. The zero-order valence-corrected chi connectivity index (χ0v) is 16.7. The van der Waals surface area contributed by atoms with Crippen molar-refractivity contribution in [1.82, 2.24) is 4.98 Å². The number of hydrogen-bond donors (Lipinski definition) is 2. The van der Waals surface area contributed by atoms with Crippen LogP contribution in [0.4, 0.5) is 5.00 Å². The van der Waals surface area contributed by atoms with Crippen LogP contribution >= 0.6 is 11.3 Å². The van der Waals surface area contributed by atoms with Gasteiger partial charge in [-0.25, -0.2) is 4.79 Å². The quantitative estimate of drug-likeness (QED) is 0.381. The van der Waals surface area contributed by atoms with E-state index < -0.39 is 11.9 Å². The van der Waals surface area contributed by atoms with Crippen molar-refractivity contribution in [2.75, 3.05) is 12.4 Å². The van der Waals surface area contributed by atoms with Crippen molar-refractivity contribution >= 4 is 45.2 Å². The number of rotatable bonds is 4. The van der Waals surface area contributed by atoms with Gasteiger partial charge >= 0.3 is 5.97 Å². The molecule has 0 bridgehead atoms. The van der Waals surface area contributed by atoms with Gasteiger partial charge in [-0.2, -0.15) is 5.26 Å². The highest BCUT2D eigenvalue weighted by Gasteiger charge is 2.27. The number of ether oxygens (including phenoxy) is 1. The fourth-order valence-corrected chi connectivity index (χ4v) is 4.93. The van der Waals surface area contributed by atoms with Crippen LogP contribution in [0.5, 0.6) is 0 Å². The van der Waals surface area contributed by atoms with E-state index in [0.717, 1.165) is 52.6 Å². The van der Waals surface area contributed by atoms with E-state index in [0.29, 0.717) is 10.6 Å². The number of thiophene rings is 1. The molecular formula is C22H19N3O3S. The second-order valence-corrected chi connectivity index (χ2v) is 7.93. The second-order valence-electron chi connectivity index (χ2n) is 6.82. The smallest absolute Gasteiger partial charge is 0.341 e. The molecular weight excluding hydrogens is 386 g/mol. The van der Waals surface area contributed by atoms with E-state index in [1.54, 1.807) is 12.3 Å². The highest BCUT2D eigenvalue weighted by Crippen LogP contribution is 2.38. The number of amides is 1. The number of aryl methyl sites for hydroxylation is 1. The molecule has 1 aliphatic rings. The van der Waals surface area contributed by atoms with E-state index in [-0.39, 0.29) is 5.57 Å². The van der Waals surface area contributed by atoms with Crippen LogP contribution in [0.15, 0.2) is 36.0 Å². The van der Waals surface area contributed by atoms with Gasteiger partial charge in [0.05, 0.1) is 12.7 Å². The number of benzene rings is 1. The fourth-order valence-electron chi connectivity index (χ4n) is 3.66. The summed E-state index contributed by atoms with van der Waals surface area (Å²) in [6, 6.07) is 9.64. The van der Waals surface area contributed by atoms with E-state index in [1.165, 1.54) is 18.4 Å². The number of carbonyl (C=O) groups excluding carboxylic acids is 2. The molecule has 2 N–H and O–H groups in total. The first-order valence-corrected chi connectivity index (χ1v) is 10.2. The van der Waals surface area contributed by atoms with Gasteiger partial charge in [0, 0.05) is 27.5 Å². The Bertz CT molecular complexity index is 1180. The van der Waals surface area contributed by atoms with Crippen molar-refractivity contribution in [2.24, 2.45) is 0 Å². The summed E-state index contributed by atoms with van der Waals surface area (Å²) >= 11 is 1.40. The maximum absolute atomic E-state index is 12.8. The van der Waals surface area contributed by atoms with Gasteiger partial charge in [0.2, 0.25) is 0 Å². The number of esters is 1. The number of aromatic amines is 1. The van der Waals surface area contributed by atoms with Gasteiger partial charge in [-0.1, -0.05) is 18.2 Å². The predicted molar refractivity (Wildman–Crippen MR) is 113 cm³/mol. The Morgan fingerprint density at radius 2 is 2.07 bits per heavy atom. The Hall–Kier alpha value is -3.37. The molecule has 0 atom stereocenters. The van der Waals surface area contributed by atoms with Crippen LogP contribution < -0.4 is 5.32 Å². The Labute approximate surface area is 171 Å². The third-order valence-corrected chi connectivity index (χ3v) is 6.28. The lowest BCUT2D eigenvalue weighted by Crippen LogP contribution is -2.16. The summed E-state index contributed by atoms with van der Waals surface area (Å²) < 4.78 is 4.94. The summed E-state index contributed by atoms with van der Waals surface area (Å²) in [6.07, 6.45) is 7.06. The van der Waals surface area contributed by atoms with Gasteiger partial charge in [-0.3, -0.25) is 4.79 Å². The standard InChI is InChI=1S/C22H19N3O3S/c1-28-22(27)19-16-7-3-5-9-18(16)29-21(19)25-20(26)13(11-23)10-14-12-24-17-8-4-2-6-15(14)17/h2,4,6,8,10,12,24H,3,5,7,9H2,1H3,(H,25,26)/b13-10+. The lowest BCUT2D eigenvalue weighted by Gasteiger charge is -2.11. The normalized spacial score (nSPS) is 13.6. The Balaban J connectivity index is 1.67. The van der Waals surface area contributed by atoms with Crippen molar-refractivity contribution in [3.8, 4) is 6.07 Å². The van der Waals surface area contributed by atoms with Crippen LogP contribution in [-0.4, -0.2) is 24.0 Å². The molecule has 146 valence electrons. The molecule has 0 fully saturated rings. The number of fused-ring (bicyclic) bond motifs is 2. The maximum Gasteiger partial charge on any atom is 0.341 e. The maximum atomic E-state index is 12.8. The van der Waals surface area contributed by atoms with Crippen molar-refractivity contribution in [3.05, 3.63) is 57.6 Å². The minimum absolute atomic E-state index is 0.0306. The van der Waals surface area contributed by atoms with Gasteiger partial charge in [0.15, 0.2) is 0 Å². The van der Waals surface area contributed by atoms with E-state index in [9.17, 15) is 14.9 Å². The van der Waals surface area contributed by atoms with Gasteiger partial charge in [-0.05, 0) is 43.4 Å². The molecule has 0 unspecified atom stereocenters. The first kappa shape index (κ1) is 19.0. The van der Waals surface area contributed by atoms with Crippen molar-refractivity contribution in [1.29, 1.82) is 5.26 Å². The number of H-pyrrole nitrogens is 1. The van der Waals surface area contributed by atoms with Crippen LogP contribution in [0.25, 0.3) is 17.0 Å². The zero-order valence-electron chi connectivity index (χ0n) is 15.9. The zero-order chi connectivity index (χ0) is 20.4. The average Bonchev–Trinajstić information content (AvgIpc) is 3.32. The minimum Gasteiger partial charge on any atom is -0.465 e. The number of hydrogen-bond acceptors (Lipinski definition) is 5. The van der Waals surface area contributed by atoms with Crippen LogP contribution in [0.1, 0.15) is 39.2 Å². The first-order valence-electron chi connectivity index (χ1n) is 9.34. The first-order chi connectivity index (χ1) is 14.1. The molecule has 3 aromatic rings. The van der Waals surface area contributed by atoms with E-state index in [1.807, 2.05) is 30.3 Å². The number of para-hydroxylation sites is 1. The van der Waals surface area contributed by atoms with Gasteiger partial charge in [0.25, 0.3) is 5.91 Å². The summed E-state index contributed by atoms with van der Waals surface area (Å²) in [5.41, 5.74) is 3.03. The Kier molecular flexibility index (Phi) is 5.19. The Morgan fingerprint density at radius 1 is 1.28 bits per heavy atom. The van der Waals surface area contributed by atoms with Gasteiger partial charge in [0.1, 0.15) is 16.6 Å². The number of aromatic nitrogens is 1. The van der Waals surface area contributed by atoms with Crippen molar-refractivity contribution in [2.45, 2.75) is 25.7 Å². The molecule has 2 aromatic heterocycles. The average molecular weight is 405 g/mol. The molecule has 29 heavy (non-hydrogen) atoms. The van der Waals surface area contributed by atoms with E-state index in [2.05, 4.69) is 10.3 Å². The SMILES string of the molecule is COC(=O)c1c(NC(=O)/C(C#N)=C/c2c[nH]c3ccccc23)sc2c1CCCC2. The monoisotopic (exact) mass is 405 g/mol. The third kappa shape index (κ3) is 3.55. The molecule has 1 aliphatic carbocycles. The van der Waals surface area contributed by atoms with E-state index in [4.69, 9.17) is 4.74 Å². The van der Waals surface area contributed by atoms with Crippen LogP contribution in [0.2, 0.25) is 0 Å². The molecule has 0 saturated carbocycles. The van der Waals surface area contributed by atoms with Crippen molar-refractivity contribution in [3.63, 3.8) is 0 Å². The molecule has 0 saturated heterocycles. The summed E-state index contributed by atoms with van der Waals surface area (Å²) in [5.74, 6) is -1.000. The fraction of sp³-hybridized carbons (Fsp3) is 0.227. The molecule has 4 rings (SSSR count). The minimum atomic E-state index is -0.540. The summed E-state index contributed by atoms with van der Waals surface area (Å²) in [4.78, 5) is 29.4. The number of nitrogens with one attached hydrogen (secondary N) is 2. The summed E-state index contributed by atoms with van der Waals surface area (Å²) in [5, 5.41) is 13.7. The molecule has 0 spiro atoms. The number of nitrogens with zero attached hydrogens (tertiary/aromatic N) is 1. The topological polar surface area (TPSA) is 95.0 Å². The number of carbonyl (C=O) groups is 2. The molecule has 7 heteroatoms. The Morgan fingerprint density at radius 3 is 2.86 bits per heavy atom. The molecule has 0 radical (unpaired) electrons. The molecule has 6 nitrogen and oxygen atoms in total. The third-order valence-electron chi connectivity index (χ3n) is 5.07. The second kappa shape index (κ2) is 7.94. The van der Waals surface area contributed by atoms with Crippen LogP contribution in [0.3, 0.4) is 0 Å². The van der Waals surface area contributed by atoms with Gasteiger partial charge < -0.3 is 15.0 Å². The molecule has 0 aliphatic heterocycles. The van der Waals surface area contributed by atoms with E-state index >= 15 is 0 Å².